The third kappa shape index (κ3) is 10.8. The monoisotopic (exact) mass is 625 g/mol. The normalized spacial score (nSPS) is 14.3. The van der Waals surface area contributed by atoms with E-state index < -0.39 is 24.1 Å². The first-order valence-electron chi connectivity index (χ1n) is 9.13. The molecule has 0 heterocycles. The zero-order valence-corrected chi connectivity index (χ0v) is 20.2. The van der Waals surface area contributed by atoms with E-state index in [2.05, 4.69) is 24.7 Å². The van der Waals surface area contributed by atoms with Crippen LogP contribution < -0.4 is 10.2 Å². The maximum atomic E-state index is 11.8. The summed E-state index contributed by atoms with van der Waals surface area (Å²) in [4.78, 5) is 11.8. The van der Waals surface area contributed by atoms with Crippen molar-refractivity contribution in [1.82, 2.24) is 5.48 Å². The van der Waals surface area contributed by atoms with Gasteiger partial charge in [-0.25, -0.2) is 5.48 Å². The summed E-state index contributed by atoms with van der Waals surface area (Å²) < 4.78 is 48.8. The topological polar surface area (TPSA) is 75.6 Å². The molecule has 0 aromatic heterocycles. The summed E-state index contributed by atoms with van der Waals surface area (Å²) in [6.07, 6.45) is -0.718. The standard InChI is InChI=1S/C13H16NO3.C8H6F3.OS.W/c15-12(14-16)13(9-5-2-6-10-13)17-11-7-3-1-4-8-11;9-8(10,11)6-7-4-2-1-3-5-7;1-2;/h3-4,7-8,16H,2,5-6,9-10H2,(H,14,15);2-5H,6H2;;/q2*-1;;+2. The van der Waals surface area contributed by atoms with Gasteiger partial charge < -0.3 is 4.74 Å². The van der Waals surface area contributed by atoms with Crippen molar-refractivity contribution in [3.05, 3.63) is 66.2 Å². The summed E-state index contributed by atoms with van der Waals surface area (Å²) in [5, 5.41) is 8.84. The summed E-state index contributed by atoms with van der Waals surface area (Å²) in [5.41, 5.74) is 1.08. The average Bonchev–Trinajstić information content (AvgIpc) is 2.76. The predicted octanol–water partition coefficient (Wildman–Crippen LogP) is 4.33. The van der Waals surface area contributed by atoms with Crippen molar-refractivity contribution >= 4 is 18.4 Å². The Bertz CT molecular complexity index is 745. The number of hydrogen-bond donors (Lipinski definition) is 2. The van der Waals surface area contributed by atoms with Gasteiger partial charge in [-0.05, 0) is 25.7 Å². The van der Waals surface area contributed by atoms with E-state index in [-0.39, 0.29) is 26.6 Å². The largest absolute Gasteiger partial charge is 2.00 e. The second kappa shape index (κ2) is 15.1. The molecular weight excluding hydrogens is 603 g/mol. The summed E-state index contributed by atoms with van der Waals surface area (Å²) >= 11 is 2.83. The van der Waals surface area contributed by atoms with E-state index in [1.165, 1.54) is 24.3 Å². The first-order valence-corrected chi connectivity index (χ1v) is 9.46. The third-order valence-electron chi connectivity index (χ3n) is 4.37. The molecule has 1 saturated carbocycles. The Morgan fingerprint density at radius 2 is 1.52 bits per heavy atom. The quantitative estimate of drug-likeness (QED) is 0.301. The fraction of sp³-hybridized carbons (Fsp3) is 0.381. The van der Waals surface area contributed by atoms with Gasteiger partial charge >= 0.3 is 27.2 Å². The second-order valence-electron chi connectivity index (χ2n) is 6.53. The van der Waals surface area contributed by atoms with Gasteiger partial charge in [0.05, 0.1) is 0 Å². The Balaban J connectivity index is 0.000000561. The molecule has 0 aliphatic heterocycles. The number of carbonyl (C=O) groups is 1. The number of alkyl halides is 3. The van der Waals surface area contributed by atoms with Crippen LogP contribution in [-0.4, -0.2) is 27.1 Å². The molecule has 31 heavy (non-hydrogen) atoms. The molecule has 0 atom stereocenters. The number of hydrogen-bond acceptors (Lipinski definition) is 5. The number of hydroxylamine groups is 1. The van der Waals surface area contributed by atoms with Crippen LogP contribution in [0, 0.1) is 12.1 Å². The van der Waals surface area contributed by atoms with Crippen molar-refractivity contribution in [1.29, 1.82) is 0 Å². The molecule has 1 fully saturated rings. The van der Waals surface area contributed by atoms with Crippen molar-refractivity contribution in [2.75, 3.05) is 0 Å². The number of rotatable bonds is 4. The molecule has 0 bridgehead atoms. The molecule has 0 spiro atoms. The van der Waals surface area contributed by atoms with Gasteiger partial charge in [0.15, 0.2) is 18.1 Å². The van der Waals surface area contributed by atoms with Gasteiger partial charge in [0.25, 0.3) is 5.91 Å². The number of carbonyl (C=O) groups excluding carboxylic acids is 1. The summed E-state index contributed by atoms with van der Waals surface area (Å²) in [7, 11) is 0. The maximum Gasteiger partial charge on any atom is 2.00 e. The molecule has 2 N–H and O–H groups in total. The molecule has 0 unspecified atom stereocenters. The summed E-state index contributed by atoms with van der Waals surface area (Å²) in [6, 6.07) is 18.3. The molecule has 5 nitrogen and oxygen atoms in total. The predicted molar refractivity (Wildman–Crippen MR) is 105 cm³/mol. The van der Waals surface area contributed by atoms with E-state index in [0.29, 0.717) is 18.6 Å². The van der Waals surface area contributed by atoms with E-state index in [1.807, 2.05) is 0 Å². The number of nitrogens with one attached hydrogen (secondary N) is 1. The summed E-state index contributed by atoms with van der Waals surface area (Å²) in [6.45, 7) is 0. The minimum absolute atomic E-state index is 0. The van der Waals surface area contributed by atoms with Gasteiger partial charge in [-0.2, -0.15) is 65.9 Å². The smallest absolute Gasteiger partial charge is 0.503 e. The van der Waals surface area contributed by atoms with E-state index in [4.69, 9.17) is 14.2 Å². The van der Waals surface area contributed by atoms with Gasteiger partial charge in [0.2, 0.25) is 0 Å². The molecule has 1 amide bonds. The third-order valence-corrected chi connectivity index (χ3v) is 4.37. The first kappa shape index (κ1) is 29.2. The Kier molecular flexibility index (Phi) is 14.2. The van der Waals surface area contributed by atoms with E-state index in [0.717, 1.165) is 19.3 Å². The molecule has 1 aliphatic rings. The minimum atomic E-state index is -4.11. The van der Waals surface area contributed by atoms with E-state index in [9.17, 15) is 18.0 Å². The van der Waals surface area contributed by atoms with Crippen molar-refractivity contribution < 1.29 is 53.2 Å². The van der Waals surface area contributed by atoms with Crippen molar-refractivity contribution in [2.45, 2.75) is 50.3 Å². The van der Waals surface area contributed by atoms with Gasteiger partial charge in [-0.1, -0.05) is 6.42 Å². The maximum absolute atomic E-state index is 11.8. The molecule has 1 aliphatic carbocycles. The van der Waals surface area contributed by atoms with Crippen molar-refractivity contribution in [3.8, 4) is 5.75 Å². The van der Waals surface area contributed by atoms with Crippen LogP contribution in [0.3, 0.4) is 0 Å². The van der Waals surface area contributed by atoms with Gasteiger partial charge in [0.1, 0.15) is 0 Å². The van der Waals surface area contributed by atoms with E-state index in [1.54, 1.807) is 29.7 Å². The zero-order chi connectivity index (χ0) is 22.5. The Morgan fingerprint density at radius 1 is 1.03 bits per heavy atom. The van der Waals surface area contributed by atoms with Gasteiger partial charge in [-0.15, -0.1) is 17.7 Å². The molecule has 0 radical (unpaired) electrons. The van der Waals surface area contributed by atoms with Crippen LogP contribution in [0.5, 0.6) is 5.75 Å². The Hall–Kier alpha value is -1.83. The zero-order valence-electron chi connectivity index (χ0n) is 16.5. The van der Waals surface area contributed by atoms with Crippen LogP contribution >= 0.6 is 0 Å². The fourth-order valence-electron chi connectivity index (χ4n) is 3.04. The SMILES string of the molecule is FC(F)(F)Cc1cc[c-]cc1.O=C(NO)C1(Oc2cc[c-]cc2)CCCCC1.O=S.[W+2]. The molecule has 2 aromatic rings. The second-order valence-corrected chi connectivity index (χ2v) is 6.53. The molecule has 0 saturated heterocycles. The number of amides is 1. The minimum Gasteiger partial charge on any atom is -0.503 e. The van der Waals surface area contributed by atoms with Crippen LogP contribution in [0.15, 0.2) is 48.5 Å². The Morgan fingerprint density at radius 3 is 1.97 bits per heavy atom. The molecular formula is C21H22F3NO4SW. The number of halogens is 3. The van der Waals surface area contributed by atoms with Crippen LogP contribution in [0.1, 0.15) is 37.7 Å². The van der Waals surface area contributed by atoms with Gasteiger partial charge in [0, 0.05) is 12.2 Å². The Labute approximate surface area is 199 Å². The van der Waals surface area contributed by atoms with Crippen LogP contribution in [-0.2, 0) is 44.8 Å². The van der Waals surface area contributed by atoms with Crippen molar-refractivity contribution in [3.63, 3.8) is 0 Å². The fourth-order valence-corrected chi connectivity index (χ4v) is 3.04. The van der Waals surface area contributed by atoms with Gasteiger partial charge in [-0.3, -0.25) is 10.0 Å². The van der Waals surface area contributed by atoms with Crippen LogP contribution in [0.25, 0.3) is 0 Å². The van der Waals surface area contributed by atoms with Crippen molar-refractivity contribution in [2.24, 2.45) is 0 Å². The number of benzene rings is 2. The molecule has 2 aromatic carbocycles. The first-order chi connectivity index (χ1) is 14.3. The summed E-state index contributed by atoms with van der Waals surface area (Å²) in [5.74, 6) is 0.180. The van der Waals surface area contributed by atoms with E-state index >= 15 is 0 Å². The average molecular weight is 625 g/mol. The molecule has 10 heteroatoms. The molecule has 3 rings (SSSR count). The van der Waals surface area contributed by atoms with Crippen LogP contribution in [0.4, 0.5) is 13.2 Å². The van der Waals surface area contributed by atoms with Crippen LogP contribution in [0.2, 0.25) is 0 Å². The molecule has 168 valence electrons. The number of ether oxygens (including phenoxy) is 1.